The van der Waals surface area contributed by atoms with E-state index in [9.17, 15) is 9.59 Å². The molecule has 0 bridgehead atoms. The van der Waals surface area contributed by atoms with Gasteiger partial charge in [0, 0.05) is 37.6 Å². The molecule has 2 saturated heterocycles. The molecule has 0 aromatic heterocycles. The smallest absolute Gasteiger partial charge is 0.227 e. The molecule has 2 aliphatic heterocycles. The zero-order valence-corrected chi connectivity index (χ0v) is 16.0. The molecule has 2 heterocycles. The van der Waals surface area contributed by atoms with Crippen molar-refractivity contribution in [3.05, 3.63) is 29.8 Å². The lowest BCUT2D eigenvalue weighted by atomic mass is 9.88. The number of piperidine rings is 1. The summed E-state index contributed by atoms with van der Waals surface area (Å²) < 4.78 is 5.31. The van der Waals surface area contributed by atoms with Crippen LogP contribution in [0.5, 0.6) is 0 Å². The van der Waals surface area contributed by atoms with Crippen molar-refractivity contribution in [2.45, 2.75) is 17.9 Å². The van der Waals surface area contributed by atoms with Gasteiger partial charge in [-0.3, -0.25) is 9.59 Å². The van der Waals surface area contributed by atoms with E-state index in [0.29, 0.717) is 52.4 Å². The van der Waals surface area contributed by atoms with E-state index in [4.69, 9.17) is 4.74 Å². The molecule has 2 N–H and O–H groups in total. The Morgan fingerprint density at radius 1 is 1.27 bits per heavy atom. The van der Waals surface area contributed by atoms with E-state index >= 15 is 0 Å². The highest BCUT2D eigenvalue weighted by Crippen LogP contribution is 2.20. The molecular formula is C19H27N3O3S. The Bertz CT molecular complexity index is 634. The quantitative estimate of drug-likeness (QED) is 0.753. The number of rotatable bonds is 5. The van der Waals surface area contributed by atoms with Crippen molar-refractivity contribution in [2.24, 2.45) is 11.8 Å². The van der Waals surface area contributed by atoms with Crippen molar-refractivity contribution in [1.82, 2.24) is 15.5 Å². The van der Waals surface area contributed by atoms with Gasteiger partial charge in [-0.25, -0.2) is 0 Å². The van der Waals surface area contributed by atoms with E-state index < -0.39 is 0 Å². The number of nitrogens with one attached hydrogen (secondary N) is 2. The molecule has 7 heteroatoms. The minimum absolute atomic E-state index is 0.0199. The highest BCUT2D eigenvalue weighted by Gasteiger charge is 2.33. The third kappa shape index (κ3) is 4.99. The molecule has 1 aromatic carbocycles. The maximum Gasteiger partial charge on any atom is 0.227 e. The molecule has 0 radical (unpaired) electrons. The Kier molecular flexibility index (Phi) is 6.93. The van der Waals surface area contributed by atoms with Crippen molar-refractivity contribution >= 4 is 23.6 Å². The molecule has 2 atom stereocenters. The van der Waals surface area contributed by atoms with Crippen LogP contribution in [0.15, 0.2) is 29.2 Å². The Labute approximate surface area is 159 Å². The van der Waals surface area contributed by atoms with Crippen LogP contribution in [0.25, 0.3) is 0 Å². The van der Waals surface area contributed by atoms with Gasteiger partial charge in [-0.15, -0.1) is 11.8 Å². The zero-order valence-electron chi connectivity index (χ0n) is 15.2. The molecule has 3 rings (SSSR count). The van der Waals surface area contributed by atoms with Crippen LogP contribution in [0.3, 0.4) is 0 Å². The number of nitrogens with zero attached hydrogens (tertiary/aromatic N) is 1. The largest absolute Gasteiger partial charge is 0.378 e. The first kappa shape index (κ1) is 19.2. The second-order valence-electron chi connectivity index (χ2n) is 6.79. The summed E-state index contributed by atoms with van der Waals surface area (Å²) in [5.74, 6) is -0.127. The van der Waals surface area contributed by atoms with E-state index in [1.165, 1.54) is 4.90 Å². The lowest BCUT2D eigenvalue weighted by molar-refractivity contribution is -0.141. The number of hydrogen-bond donors (Lipinski definition) is 2. The van der Waals surface area contributed by atoms with Gasteiger partial charge in [-0.2, -0.15) is 0 Å². The average Bonchev–Trinajstić information content (AvgIpc) is 2.72. The van der Waals surface area contributed by atoms with Crippen molar-refractivity contribution in [3.8, 4) is 0 Å². The standard InChI is InChI=1S/C19H27N3O3S/c1-26-17-4-2-3-14(9-17)11-21-18(23)15-10-16(13-20-12-15)19(24)22-5-7-25-8-6-22/h2-4,9,15-16,20H,5-8,10-13H2,1H3,(H,21,23)/t15-,16+/m0/s1. The van der Waals surface area contributed by atoms with Crippen molar-refractivity contribution in [3.63, 3.8) is 0 Å². The lowest BCUT2D eigenvalue weighted by Crippen LogP contribution is -2.51. The minimum Gasteiger partial charge on any atom is -0.378 e. The second kappa shape index (κ2) is 9.39. The highest BCUT2D eigenvalue weighted by atomic mass is 32.2. The molecule has 0 spiro atoms. The maximum atomic E-state index is 12.7. The average molecular weight is 378 g/mol. The monoisotopic (exact) mass is 377 g/mol. The molecule has 2 amide bonds. The SMILES string of the molecule is CSc1cccc(CNC(=O)[C@@H]2CNC[C@H](C(=O)N3CCOCC3)C2)c1. The fourth-order valence-corrected chi connectivity index (χ4v) is 3.97. The predicted molar refractivity (Wildman–Crippen MR) is 102 cm³/mol. The normalized spacial score (nSPS) is 23.5. The number of hydrogen-bond acceptors (Lipinski definition) is 5. The van der Waals surface area contributed by atoms with Gasteiger partial charge in [0.25, 0.3) is 0 Å². The first-order valence-electron chi connectivity index (χ1n) is 9.15. The summed E-state index contributed by atoms with van der Waals surface area (Å²) in [6, 6.07) is 8.17. The maximum absolute atomic E-state index is 12.7. The van der Waals surface area contributed by atoms with Gasteiger partial charge in [0.15, 0.2) is 0 Å². The van der Waals surface area contributed by atoms with E-state index in [0.717, 1.165) is 5.56 Å². The van der Waals surface area contributed by atoms with Gasteiger partial charge in [0.1, 0.15) is 0 Å². The van der Waals surface area contributed by atoms with Crippen LogP contribution in [0.1, 0.15) is 12.0 Å². The summed E-state index contributed by atoms with van der Waals surface area (Å²) >= 11 is 1.69. The van der Waals surface area contributed by atoms with Crippen molar-refractivity contribution in [1.29, 1.82) is 0 Å². The Hall–Kier alpha value is -1.57. The number of carbonyl (C=O) groups is 2. The molecule has 2 aliphatic rings. The van der Waals surface area contributed by atoms with Crippen LogP contribution in [-0.4, -0.2) is 62.4 Å². The highest BCUT2D eigenvalue weighted by molar-refractivity contribution is 7.98. The summed E-state index contributed by atoms with van der Waals surface area (Å²) in [6.07, 6.45) is 2.65. The molecule has 0 saturated carbocycles. The Morgan fingerprint density at radius 3 is 2.81 bits per heavy atom. The van der Waals surface area contributed by atoms with Gasteiger partial charge in [-0.05, 0) is 30.4 Å². The summed E-state index contributed by atoms with van der Waals surface area (Å²) in [4.78, 5) is 28.3. The molecule has 26 heavy (non-hydrogen) atoms. The predicted octanol–water partition coefficient (Wildman–Crippen LogP) is 1.11. The van der Waals surface area contributed by atoms with Crippen molar-refractivity contribution in [2.75, 3.05) is 45.6 Å². The van der Waals surface area contributed by atoms with Crippen molar-refractivity contribution < 1.29 is 14.3 Å². The van der Waals surface area contributed by atoms with Gasteiger partial charge in [0.05, 0.1) is 25.0 Å². The van der Waals surface area contributed by atoms with Crippen LogP contribution in [0, 0.1) is 11.8 Å². The molecule has 6 nitrogen and oxygen atoms in total. The topological polar surface area (TPSA) is 70.7 Å². The van der Waals surface area contributed by atoms with Crippen LogP contribution >= 0.6 is 11.8 Å². The molecule has 1 aromatic rings. The third-order valence-corrected chi connectivity index (χ3v) is 5.72. The number of carbonyl (C=O) groups excluding carboxylic acids is 2. The number of amides is 2. The fraction of sp³-hybridized carbons (Fsp3) is 0.579. The van der Waals surface area contributed by atoms with Crippen LogP contribution in [0.2, 0.25) is 0 Å². The van der Waals surface area contributed by atoms with Crippen LogP contribution in [0.4, 0.5) is 0 Å². The molecular weight excluding hydrogens is 350 g/mol. The van der Waals surface area contributed by atoms with E-state index in [2.05, 4.69) is 22.8 Å². The molecule has 142 valence electrons. The summed E-state index contributed by atoms with van der Waals surface area (Å²) in [5.41, 5.74) is 1.09. The van der Waals surface area contributed by atoms with Gasteiger partial charge in [-0.1, -0.05) is 12.1 Å². The van der Waals surface area contributed by atoms with E-state index in [1.54, 1.807) is 11.8 Å². The molecule has 2 fully saturated rings. The first-order valence-corrected chi connectivity index (χ1v) is 10.4. The van der Waals surface area contributed by atoms with Crippen LogP contribution in [-0.2, 0) is 20.9 Å². The van der Waals surface area contributed by atoms with Gasteiger partial charge in [0.2, 0.25) is 11.8 Å². The summed E-state index contributed by atoms with van der Waals surface area (Å²) in [5, 5.41) is 6.29. The van der Waals surface area contributed by atoms with Gasteiger partial charge >= 0.3 is 0 Å². The number of benzene rings is 1. The summed E-state index contributed by atoms with van der Waals surface area (Å²) in [6.45, 7) is 4.30. The third-order valence-electron chi connectivity index (χ3n) is 4.99. The van der Waals surface area contributed by atoms with E-state index in [1.807, 2.05) is 23.3 Å². The van der Waals surface area contributed by atoms with Gasteiger partial charge < -0.3 is 20.3 Å². The fourth-order valence-electron chi connectivity index (χ4n) is 3.49. The second-order valence-corrected chi connectivity index (χ2v) is 7.67. The molecule has 0 aliphatic carbocycles. The first-order chi connectivity index (χ1) is 12.7. The van der Waals surface area contributed by atoms with Crippen LogP contribution < -0.4 is 10.6 Å². The Morgan fingerprint density at radius 2 is 2.04 bits per heavy atom. The Balaban J connectivity index is 1.51. The number of morpholine rings is 1. The van der Waals surface area contributed by atoms with E-state index in [-0.39, 0.29) is 23.7 Å². The molecule has 0 unspecified atom stereocenters. The zero-order chi connectivity index (χ0) is 18.4. The number of thioether (sulfide) groups is 1. The number of ether oxygens (including phenoxy) is 1. The minimum atomic E-state index is -0.164. The summed E-state index contributed by atoms with van der Waals surface area (Å²) in [7, 11) is 0. The lowest BCUT2D eigenvalue weighted by Gasteiger charge is -2.34.